The minimum Gasteiger partial charge on any atom is -0.434 e. The van der Waals surface area contributed by atoms with Gasteiger partial charge in [0.2, 0.25) is 6.79 Å². The summed E-state index contributed by atoms with van der Waals surface area (Å²) < 4.78 is 29.9. The molecule has 0 aliphatic heterocycles. The van der Waals surface area contributed by atoms with Gasteiger partial charge in [-0.1, -0.05) is 58.4 Å². The van der Waals surface area contributed by atoms with Gasteiger partial charge in [0.1, 0.15) is 0 Å². The molecule has 268 valence electrons. The molecule has 2 amide bonds. The van der Waals surface area contributed by atoms with Gasteiger partial charge in [0.05, 0.1) is 31.0 Å². The van der Waals surface area contributed by atoms with E-state index in [1.807, 2.05) is 56.3 Å². The van der Waals surface area contributed by atoms with Crippen LogP contribution in [0.25, 0.3) is 0 Å². The van der Waals surface area contributed by atoms with Gasteiger partial charge in [0.15, 0.2) is 0 Å². The van der Waals surface area contributed by atoms with E-state index in [2.05, 4.69) is 47.8 Å². The molecule has 0 bridgehead atoms. The smallest absolute Gasteiger partial charge is 0.434 e. The number of anilines is 3. The topological polar surface area (TPSA) is 173 Å². The van der Waals surface area contributed by atoms with Crippen molar-refractivity contribution in [1.82, 2.24) is 0 Å². The van der Waals surface area contributed by atoms with Gasteiger partial charge in [-0.05, 0) is 80.2 Å². The maximum atomic E-state index is 13.1. The average Bonchev–Trinajstić information content (AvgIpc) is 2.99. The van der Waals surface area contributed by atoms with E-state index in [4.69, 9.17) is 24.0 Å². The Morgan fingerprint density at radius 1 is 0.854 bits per heavy atom. The Balaban J connectivity index is 2.03. The molecule has 14 heteroatoms. The molecule has 2 aromatic carbocycles. The maximum absolute atomic E-state index is 13.1. The zero-order valence-electron chi connectivity index (χ0n) is 28.9. The van der Waals surface area contributed by atoms with Crippen LogP contribution in [0.5, 0.6) is 0 Å². The number of ether oxygens (including phenoxy) is 3. The number of carbonyl (C=O) groups is 3. The van der Waals surface area contributed by atoms with Crippen LogP contribution in [0.2, 0.25) is 0 Å². The second-order valence-electron chi connectivity index (χ2n) is 12.5. The minimum absolute atomic E-state index is 0.0294. The number of nitrogens with one attached hydrogen (secondary N) is 2. The van der Waals surface area contributed by atoms with Crippen molar-refractivity contribution < 1.29 is 47.5 Å². The first kappa shape index (κ1) is 40.5. The summed E-state index contributed by atoms with van der Waals surface area (Å²) in [5.41, 5.74) is 4.13. The number of unbranched alkanes of at least 4 members (excludes halogenated alkanes) is 2. The number of amides is 2. The van der Waals surface area contributed by atoms with Crippen molar-refractivity contribution >= 4 is 43.0 Å². The lowest BCUT2D eigenvalue weighted by Gasteiger charge is -2.31. The van der Waals surface area contributed by atoms with Crippen LogP contribution in [-0.4, -0.2) is 61.0 Å². The third-order valence-electron chi connectivity index (χ3n) is 7.13. The Bertz CT molecular complexity index is 1340. The highest BCUT2D eigenvalue weighted by molar-refractivity contribution is 7.46. The number of esters is 1. The van der Waals surface area contributed by atoms with Gasteiger partial charge >= 0.3 is 26.0 Å². The summed E-state index contributed by atoms with van der Waals surface area (Å²) in [6.45, 7) is 13.5. The number of phosphoric ester groups is 1. The summed E-state index contributed by atoms with van der Waals surface area (Å²) in [7, 11) is -4.49. The van der Waals surface area contributed by atoms with Crippen molar-refractivity contribution in [2.75, 3.05) is 48.6 Å². The maximum Gasteiger partial charge on any atom is 0.511 e. The molecule has 0 unspecified atom stereocenters. The lowest BCUT2D eigenvalue weighted by Crippen LogP contribution is -2.32. The number of nitrogens with zero attached hydrogens (tertiary/aromatic N) is 1. The number of phosphoric acid groups is 1. The van der Waals surface area contributed by atoms with Crippen molar-refractivity contribution in [2.45, 2.75) is 79.6 Å². The molecule has 0 radical (unpaired) electrons. The van der Waals surface area contributed by atoms with E-state index < -0.39 is 26.7 Å². The Hall–Kier alpha value is -3.64. The Morgan fingerprint density at radius 3 is 2.10 bits per heavy atom. The van der Waals surface area contributed by atoms with Crippen LogP contribution < -0.4 is 15.5 Å². The molecule has 1 atom stereocenters. The summed E-state index contributed by atoms with van der Waals surface area (Å²) in [4.78, 5) is 57.2. The number of hydrogen-bond donors (Lipinski definition) is 4. The summed E-state index contributed by atoms with van der Waals surface area (Å²) in [6.07, 6.45) is 0.991. The van der Waals surface area contributed by atoms with Crippen LogP contribution in [0.4, 0.5) is 26.7 Å². The second-order valence-corrected chi connectivity index (χ2v) is 13.7. The highest BCUT2D eigenvalue weighted by Crippen LogP contribution is 2.36. The number of hydrogen-bond acceptors (Lipinski definition) is 9. The number of rotatable bonds is 20. The second kappa shape index (κ2) is 20.7. The summed E-state index contributed by atoms with van der Waals surface area (Å²) in [5, 5.41) is 5.94. The van der Waals surface area contributed by atoms with E-state index in [0.29, 0.717) is 48.9 Å². The quantitative estimate of drug-likeness (QED) is 0.0466. The van der Waals surface area contributed by atoms with Crippen LogP contribution in [0.3, 0.4) is 0 Å². The lowest BCUT2D eigenvalue weighted by atomic mass is 9.92. The van der Waals surface area contributed by atoms with Crippen molar-refractivity contribution in [3.63, 3.8) is 0 Å². The molecule has 4 N–H and O–H groups in total. The van der Waals surface area contributed by atoms with Gasteiger partial charge in [0.25, 0.3) is 0 Å². The van der Waals surface area contributed by atoms with Crippen molar-refractivity contribution in [1.29, 1.82) is 0 Å². The standard InChI is InChI=1S/C34H52N3O10P/c1-7-27(20-32(38)45-23-46-34(40)44-17-9-8-10-18-47-48(41,42)43)28-13-16-31(37(21-24(2)3)22-25(4)5)30(19-28)36-33(39)35-29-14-11-26(6)12-15-29/h11-16,19,24-25,27H,7-10,17-18,20-23H2,1-6H3,(H2,35,36,39)(H2,41,42,43)/t27-/m0/s1. The zero-order chi connectivity index (χ0) is 35.7. The Kier molecular flexibility index (Phi) is 17.5. The Labute approximate surface area is 283 Å². The summed E-state index contributed by atoms with van der Waals surface area (Å²) >= 11 is 0. The van der Waals surface area contributed by atoms with Crippen molar-refractivity contribution in [3.8, 4) is 0 Å². The fraction of sp³-hybridized carbons (Fsp3) is 0.559. The molecule has 48 heavy (non-hydrogen) atoms. The highest BCUT2D eigenvalue weighted by atomic mass is 31.2. The van der Waals surface area contributed by atoms with Crippen LogP contribution in [0.1, 0.15) is 83.8 Å². The third-order valence-corrected chi connectivity index (χ3v) is 7.65. The van der Waals surface area contributed by atoms with Crippen LogP contribution in [-0.2, 0) is 28.1 Å². The largest absolute Gasteiger partial charge is 0.511 e. The van der Waals surface area contributed by atoms with Gasteiger partial charge in [-0.15, -0.1) is 0 Å². The third kappa shape index (κ3) is 16.5. The zero-order valence-corrected chi connectivity index (χ0v) is 29.8. The van der Waals surface area contributed by atoms with Crippen molar-refractivity contribution in [2.24, 2.45) is 11.8 Å². The van der Waals surface area contributed by atoms with E-state index in [9.17, 15) is 18.9 Å². The molecular weight excluding hydrogens is 641 g/mol. The molecule has 0 saturated heterocycles. The normalized spacial score (nSPS) is 12.0. The first-order chi connectivity index (χ1) is 22.7. The monoisotopic (exact) mass is 693 g/mol. The van der Waals surface area contributed by atoms with Crippen LogP contribution in [0, 0.1) is 18.8 Å². The number of carbonyl (C=O) groups excluding carboxylic acids is 3. The van der Waals surface area contributed by atoms with E-state index >= 15 is 0 Å². The number of urea groups is 1. The minimum atomic E-state index is -4.49. The first-order valence-corrected chi connectivity index (χ1v) is 17.9. The molecule has 0 aliphatic carbocycles. The van der Waals surface area contributed by atoms with Gasteiger partial charge in [-0.25, -0.2) is 14.2 Å². The van der Waals surface area contributed by atoms with Crippen molar-refractivity contribution in [3.05, 3.63) is 53.6 Å². The Morgan fingerprint density at radius 2 is 1.50 bits per heavy atom. The molecule has 13 nitrogen and oxygen atoms in total. The molecular formula is C34H52N3O10P. The SMILES string of the molecule is CC[C@@H](CC(=O)OCOC(=O)OCCCCCOP(=O)(O)O)c1ccc(N(CC(C)C)CC(C)C)c(NC(=O)Nc2ccc(C)cc2)c1. The predicted octanol–water partition coefficient (Wildman–Crippen LogP) is 7.57. The first-order valence-electron chi connectivity index (χ1n) is 16.4. The van der Waals surface area contributed by atoms with E-state index in [1.165, 1.54) is 0 Å². The molecule has 0 heterocycles. The lowest BCUT2D eigenvalue weighted by molar-refractivity contribution is -0.153. The van der Waals surface area contributed by atoms with Gasteiger partial charge in [-0.3, -0.25) is 9.32 Å². The highest BCUT2D eigenvalue weighted by Gasteiger charge is 2.21. The molecule has 0 fully saturated rings. The average molecular weight is 694 g/mol. The van der Waals surface area contributed by atoms with Crippen LogP contribution >= 0.6 is 7.82 Å². The van der Waals surface area contributed by atoms with Gasteiger partial charge in [-0.2, -0.15) is 0 Å². The van der Waals surface area contributed by atoms with Gasteiger partial charge < -0.3 is 39.5 Å². The van der Waals surface area contributed by atoms with E-state index in [0.717, 1.165) is 29.9 Å². The van der Waals surface area contributed by atoms with Crippen LogP contribution in [0.15, 0.2) is 42.5 Å². The fourth-order valence-electron chi connectivity index (χ4n) is 4.92. The molecule has 2 rings (SSSR count). The van der Waals surface area contributed by atoms with E-state index in [1.54, 1.807) is 0 Å². The van der Waals surface area contributed by atoms with E-state index in [-0.39, 0.29) is 31.6 Å². The summed E-state index contributed by atoms with van der Waals surface area (Å²) in [5.74, 6) is -0.00872. The number of aryl methyl sites for hydroxylation is 1. The molecule has 0 saturated carbocycles. The molecule has 0 aromatic heterocycles. The molecule has 0 spiro atoms. The molecule has 0 aliphatic rings. The van der Waals surface area contributed by atoms with Gasteiger partial charge in [0, 0.05) is 18.8 Å². The fourth-order valence-corrected chi connectivity index (χ4v) is 5.29. The number of benzene rings is 2. The molecule has 2 aromatic rings. The summed E-state index contributed by atoms with van der Waals surface area (Å²) in [6, 6.07) is 13.0. The predicted molar refractivity (Wildman–Crippen MR) is 185 cm³/mol.